The van der Waals surface area contributed by atoms with E-state index in [-0.39, 0.29) is 5.97 Å². The molecule has 0 saturated carbocycles. The summed E-state index contributed by atoms with van der Waals surface area (Å²) in [5.41, 5.74) is 2.03. The van der Waals surface area contributed by atoms with Crippen molar-refractivity contribution >= 4 is 5.97 Å². The second-order valence-electron chi connectivity index (χ2n) is 3.82. The summed E-state index contributed by atoms with van der Waals surface area (Å²) in [6, 6.07) is 7.37. The highest BCUT2D eigenvalue weighted by atomic mass is 16.5. The van der Waals surface area contributed by atoms with E-state index < -0.39 is 6.04 Å². The number of hydrogen-bond donors (Lipinski definition) is 1. The van der Waals surface area contributed by atoms with Crippen LogP contribution in [0.2, 0.25) is 0 Å². The molecule has 4 heteroatoms. The van der Waals surface area contributed by atoms with Crippen molar-refractivity contribution in [3.05, 3.63) is 35.4 Å². The Labute approximate surface area is 102 Å². The van der Waals surface area contributed by atoms with Crippen LogP contribution in [0.1, 0.15) is 17.2 Å². The first-order valence-electron chi connectivity index (χ1n) is 5.55. The Morgan fingerprint density at radius 2 is 2.18 bits per heavy atom. The fourth-order valence-electron chi connectivity index (χ4n) is 1.61. The van der Waals surface area contributed by atoms with Gasteiger partial charge in [0.1, 0.15) is 6.04 Å². The van der Waals surface area contributed by atoms with Crippen LogP contribution in [0, 0.1) is 6.92 Å². The van der Waals surface area contributed by atoms with Crippen LogP contribution in [0.15, 0.2) is 24.3 Å². The molecule has 0 spiro atoms. The number of methoxy groups -OCH3 is 2. The Balaban J connectivity index is 2.78. The fraction of sp³-hybridized carbons (Fsp3) is 0.462. The topological polar surface area (TPSA) is 47.6 Å². The first-order valence-corrected chi connectivity index (χ1v) is 5.55. The van der Waals surface area contributed by atoms with Crippen molar-refractivity contribution in [1.29, 1.82) is 0 Å². The van der Waals surface area contributed by atoms with E-state index in [9.17, 15) is 4.79 Å². The van der Waals surface area contributed by atoms with Crippen molar-refractivity contribution in [3.63, 3.8) is 0 Å². The van der Waals surface area contributed by atoms with Crippen LogP contribution in [0.4, 0.5) is 0 Å². The molecular formula is C13H19NO3. The van der Waals surface area contributed by atoms with Gasteiger partial charge in [0.25, 0.3) is 0 Å². The van der Waals surface area contributed by atoms with Crippen LogP contribution < -0.4 is 5.32 Å². The van der Waals surface area contributed by atoms with E-state index in [1.807, 2.05) is 31.2 Å². The minimum absolute atomic E-state index is 0.285. The number of ether oxygens (including phenoxy) is 2. The highest BCUT2D eigenvalue weighted by Crippen LogP contribution is 2.15. The van der Waals surface area contributed by atoms with Crippen molar-refractivity contribution in [2.24, 2.45) is 0 Å². The van der Waals surface area contributed by atoms with E-state index in [0.717, 1.165) is 11.1 Å². The maximum absolute atomic E-state index is 11.7. The van der Waals surface area contributed by atoms with Crippen LogP contribution in [-0.4, -0.2) is 33.3 Å². The lowest BCUT2D eigenvalue weighted by Crippen LogP contribution is -2.32. The van der Waals surface area contributed by atoms with Gasteiger partial charge in [0.2, 0.25) is 0 Å². The molecular weight excluding hydrogens is 218 g/mol. The summed E-state index contributed by atoms with van der Waals surface area (Å²) in [6.45, 7) is 3.15. The molecule has 1 N–H and O–H groups in total. The minimum atomic E-state index is -0.435. The van der Waals surface area contributed by atoms with Crippen molar-refractivity contribution in [1.82, 2.24) is 5.32 Å². The van der Waals surface area contributed by atoms with Crippen molar-refractivity contribution in [2.75, 3.05) is 27.4 Å². The van der Waals surface area contributed by atoms with Crippen molar-refractivity contribution < 1.29 is 14.3 Å². The second kappa shape index (κ2) is 7.04. The average molecular weight is 237 g/mol. The highest BCUT2D eigenvalue weighted by molar-refractivity contribution is 5.77. The molecule has 0 aliphatic carbocycles. The summed E-state index contributed by atoms with van der Waals surface area (Å²) >= 11 is 0. The molecule has 0 saturated heterocycles. The molecule has 0 aromatic heterocycles. The van der Waals surface area contributed by atoms with Gasteiger partial charge in [-0.15, -0.1) is 0 Å². The Kier molecular flexibility index (Phi) is 5.66. The molecule has 17 heavy (non-hydrogen) atoms. The van der Waals surface area contributed by atoms with Crippen LogP contribution >= 0.6 is 0 Å². The van der Waals surface area contributed by atoms with Gasteiger partial charge in [-0.1, -0.05) is 29.8 Å². The van der Waals surface area contributed by atoms with E-state index in [1.165, 1.54) is 7.11 Å². The molecule has 94 valence electrons. The third-order valence-corrected chi connectivity index (χ3v) is 2.47. The second-order valence-corrected chi connectivity index (χ2v) is 3.82. The molecule has 0 aliphatic rings. The molecule has 1 atom stereocenters. The number of hydrogen-bond acceptors (Lipinski definition) is 4. The third-order valence-electron chi connectivity index (χ3n) is 2.47. The van der Waals surface area contributed by atoms with Gasteiger partial charge in [0.05, 0.1) is 13.7 Å². The number of carbonyl (C=O) groups excluding carboxylic acids is 1. The maximum Gasteiger partial charge on any atom is 0.327 e. The molecule has 0 radical (unpaired) electrons. The first kappa shape index (κ1) is 13.7. The Hall–Kier alpha value is -1.39. The Bertz CT molecular complexity index is 365. The van der Waals surface area contributed by atoms with E-state index in [0.29, 0.717) is 13.2 Å². The van der Waals surface area contributed by atoms with Crippen LogP contribution in [0.25, 0.3) is 0 Å². The zero-order chi connectivity index (χ0) is 12.7. The minimum Gasteiger partial charge on any atom is -0.468 e. The molecule has 0 aliphatic heterocycles. The van der Waals surface area contributed by atoms with Gasteiger partial charge in [0.15, 0.2) is 0 Å². The third kappa shape index (κ3) is 4.17. The molecule has 1 unspecified atom stereocenters. The first-order chi connectivity index (χ1) is 8.19. The smallest absolute Gasteiger partial charge is 0.327 e. The van der Waals surface area contributed by atoms with Crippen LogP contribution in [0.5, 0.6) is 0 Å². The standard InChI is InChI=1S/C13H19NO3/c1-10-5-4-6-11(9-10)12(13(15)17-3)14-7-8-16-2/h4-6,9,12,14H,7-8H2,1-3H3. The monoisotopic (exact) mass is 237 g/mol. The predicted molar refractivity (Wildman–Crippen MR) is 65.8 cm³/mol. The lowest BCUT2D eigenvalue weighted by Gasteiger charge is -2.17. The van der Waals surface area contributed by atoms with E-state index >= 15 is 0 Å². The SMILES string of the molecule is COCCNC(C(=O)OC)c1cccc(C)c1. The largest absolute Gasteiger partial charge is 0.468 e. The fourth-order valence-corrected chi connectivity index (χ4v) is 1.61. The Morgan fingerprint density at radius 1 is 1.41 bits per heavy atom. The van der Waals surface area contributed by atoms with Gasteiger partial charge < -0.3 is 9.47 Å². The quantitative estimate of drug-likeness (QED) is 0.601. The molecule has 0 bridgehead atoms. The Morgan fingerprint density at radius 3 is 2.76 bits per heavy atom. The van der Waals surface area contributed by atoms with Gasteiger partial charge in [-0.2, -0.15) is 0 Å². The van der Waals surface area contributed by atoms with Gasteiger partial charge in [-0.25, -0.2) is 4.79 Å². The molecule has 0 fully saturated rings. The van der Waals surface area contributed by atoms with Crippen LogP contribution in [-0.2, 0) is 14.3 Å². The van der Waals surface area contributed by atoms with Gasteiger partial charge in [-0.05, 0) is 12.5 Å². The average Bonchev–Trinajstić information content (AvgIpc) is 2.34. The zero-order valence-corrected chi connectivity index (χ0v) is 10.5. The van der Waals surface area contributed by atoms with Gasteiger partial charge >= 0.3 is 5.97 Å². The normalized spacial score (nSPS) is 12.2. The molecule has 0 heterocycles. The van der Waals surface area contributed by atoms with E-state index in [1.54, 1.807) is 7.11 Å². The molecule has 0 amide bonds. The van der Waals surface area contributed by atoms with Crippen LogP contribution in [0.3, 0.4) is 0 Å². The molecule has 1 rings (SSSR count). The van der Waals surface area contributed by atoms with Crippen molar-refractivity contribution in [3.8, 4) is 0 Å². The number of carbonyl (C=O) groups is 1. The zero-order valence-electron chi connectivity index (χ0n) is 10.5. The van der Waals surface area contributed by atoms with E-state index in [4.69, 9.17) is 9.47 Å². The summed E-state index contributed by atoms with van der Waals surface area (Å²) in [5, 5.41) is 3.12. The number of benzene rings is 1. The molecule has 1 aromatic rings. The lowest BCUT2D eigenvalue weighted by molar-refractivity contribution is -0.143. The number of esters is 1. The maximum atomic E-state index is 11.7. The number of rotatable bonds is 6. The summed E-state index contributed by atoms with van der Waals surface area (Å²) in [5.74, 6) is -0.285. The lowest BCUT2D eigenvalue weighted by atomic mass is 10.0. The highest BCUT2D eigenvalue weighted by Gasteiger charge is 2.20. The van der Waals surface area contributed by atoms with Gasteiger partial charge in [-0.3, -0.25) is 5.32 Å². The summed E-state index contributed by atoms with van der Waals surface area (Å²) < 4.78 is 9.75. The molecule has 1 aromatic carbocycles. The number of aryl methyl sites for hydroxylation is 1. The van der Waals surface area contributed by atoms with E-state index in [2.05, 4.69) is 5.32 Å². The molecule has 4 nitrogen and oxygen atoms in total. The summed E-state index contributed by atoms with van der Waals surface area (Å²) in [7, 11) is 3.02. The van der Waals surface area contributed by atoms with Crippen molar-refractivity contribution in [2.45, 2.75) is 13.0 Å². The summed E-state index contributed by atoms with van der Waals surface area (Å²) in [6.07, 6.45) is 0. The predicted octanol–water partition coefficient (Wildman–Crippen LogP) is 1.45. The number of nitrogens with one attached hydrogen (secondary N) is 1. The van der Waals surface area contributed by atoms with Gasteiger partial charge in [0, 0.05) is 13.7 Å². The summed E-state index contributed by atoms with van der Waals surface area (Å²) in [4.78, 5) is 11.7.